The van der Waals surface area contributed by atoms with Crippen LogP contribution in [0.2, 0.25) is 0 Å². The normalized spacial score (nSPS) is 15.0. The molecule has 0 bridgehead atoms. The summed E-state index contributed by atoms with van der Waals surface area (Å²) in [6, 6.07) is 1.92. The molecule has 5 aromatic rings. The molecule has 0 fully saturated rings. The van der Waals surface area contributed by atoms with Gasteiger partial charge in [-0.15, -0.1) is 21.5 Å². The van der Waals surface area contributed by atoms with Gasteiger partial charge in [-0.2, -0.15) is 10.2 Å². The van der Waals surface area contributed by atoms with Crippen LogP contribution in [-0.4, -0.2) is 49.3 Å². The van der Waals surface area contributed by atoms with E-state index in [4.69, 9.17) is 9.97 Å². The summed E-state index contributed by atoms with van der Waals surface area (Å²) in [6.07, 6.45) is 8.15. The van der Waals surface area contributed by atoms with E-state index in [1.165, 1.54) is 0 Å². The van der Waals surface area contributed by atoms with Gasteiger partial charge in [-0.3, -0.25) is 18.8 Å². The van der Waals surface area contributed by atoms with E-state index < -0.39 is 0 Å². The number of thiazole rings is 1. The van der Waals surface area contributed by atoms with Crippen LogP contribution in [0, 0.1) is 6.92 Å². The Morgan fingerprint density at radius 3 is 2.73 bits per heavy atom. The fourth-order valence-corrected chi connectivity index (χ4v) is 5.07. The van der Waals surface area contributed by atoms with Gasteiger partial charge in [0.1, 0.15) is 22.2 Å². The lowest BCUT2D eigenvalue weighted by atomic mass is 10.1. The molecule has 33 heavy (non-hydrogen) atoms. The molecule has 0 saturated heterocycles. The average Bonchev–Trinajstić information content (AvgIpc) is 3.60. The van der Waals surface area contributed by atoms with Crippen molar-refractivity contribution in [2.45, 2.75) is 26.3 Å². The Kier molecular flexibility index (Phi) is 4.37. The van der Waals surface area contributed by atoms with E-state index in [1.54, 1.807) is 28.4 Å². The molecule has 1 unspecified atom stereocenters. The molecule has 1 atom stereocenters. The second-order valence-corrected chi connectivity index (χ2v) is 8.75. The third kappa shape index (κ3) is 2.90. The molecule has 0 amide bonds. The Hall–Kier alpha value is -3.93. The van der Waals surface area contributed by atoms with Gasteiger partial charge in [0.15, 0.2) is 23.3 Å². The van der Waals surface area contributed by atoms with Crippen LogP contribution in [0.4, 0.5) is 11.6 Å². The lowest BCUT2D eigenvalue weighted by Crippen LogP contribution is -2.33. The zero-order valence-corrected chi connectivity index (χ0v) is 19.4. The first-order valence-corrected chi connectivity index (χ1v) is 11.4. The summed E-state index contributed by atoms with van der Waals surface area (Å²) in [6.45, 7) is 4.07. The minimum absolute atomic E-state index is 0.0660. The fraction of sp³-hybridized carbons (Fsp3) is 0.286. The summed E-state index contributed by atoms with van der Waals surface area (Å²) >= 11 is 1.56. The van der Waals surface area contributed by atoms with Crippen LogP contribution in [0.5, 0.6) is 0 Å². The van der Waals surface area contributed by atoms with Gasteiger partial charge in [0, 0.05) is 37.9 Å². The van der Waals surface area contributed by atoms with Gasteiger partial charge in [-0.25, -0.2) is 15.0 Å². The van der Waals surface area contributed by atoms with E-state index in [9.17, 15) is 0 Å². The molecule has 1 aliphatic heterocycles. The van der Waals surface area contributed by atoms with Crippen LogP contribution in [0.15, 0.2) is 36.2 Å². The van der Waals surface area contributed by atoms with Crippen LogP contribution >= 0.6 is 11.3 Å². The number of hydrogen-bond acceptors (Lipinski definition) is 9. The first-order valence-electron chi connectivity index (χ1n) is 10.6. The number of anilines is 2. The quantitative estimate of drug-likeness (QED) is 0.403. The van der Waals surface area contributed by atoms with Crippen LogP contribution < -0.4 is 4.90 Å². The predicted octanol–water partition coefficient (Wildman–Crippen LogP) is 3.23. The Labute approximate surface area is 193 Å². The Morgan fingerprint density at radius 2 is 2.00 bits per heavy atom. The largest absolute Gasteiger partial charge is 0.297 e. The second-order valence-electron chi connectivity index (χ2n) is 7.85. The Morgan fingerprint density at radius 1 is 1.12 bits per heavy atom. The number of aromatic nitrogens is 10. The lowest BCUT2D eigenvalue weighted by molar-refractivity contribution is 0.579. The van der Waals surface area contributed by atoms with Crippen molar-refractivity contribution in [1.29, 1.82) is 0 Å². The number of nitrogens with zero attached hydrogens (tertiary/aromatic N) is 11. The van der Waals surface area contributed by atoms with Crippen molar-refractivity contribution in [3.05, 3.63) is 47.9 Å². The van der Waals surface area contributed by atoms with Crippen LogP contribution in [0.1, 0.15) is 31.0 Å². The van der Waals surface area contributed by atoms with Crippen molar-refractivity contribution in [3.63, 3.8) is 0 Å². The van der Waals surface area contributed by atoms with Crippen molar-refractivity contribution in [1.82, 2.24) is 49.3 Å². The van der Waals surface area contributed by atoms with Crippen molar-refractivity contribution >= 4 is 23.0 Å². The van der Waals surface area contributed by atoms with E-state index in [2.05, 4.69) is 37.2 Å². The van der Waals surface area contributed by atoms with Gasteiger partial charge in [-0.05, 0) is 13.3 Å². The van der Waals surface area contributed by atoms with Crippen LogP contribution in [-0.2, 0) is 14.1 Å². The van der Waals surface area contributed by atoms with Gasteiger partial charge in [0.05, 0.1) is 24.0 Å². The standard InChI is InChI=1S/C21H21N11S/c1-5-14-20-27-26-12(2)31(20)15-11-23-18(25-19(15)32(14)16-6-8-29(3)28-16)13-10-24-30(4)17(13)21-22-7-9-33-21/h6-11,14H,5H2,1-4H3. The highest BCUT2D eigenvalue weighted by atomic mass is 32.1. The van der Waals surface area contributed by atoms with E-state index in [0.717, 1.165) is 51.7 Å². The number of rotatable bonds is 4. The highest BCUT2D eigenvalue weighted by Gasteiger charge is 2.37. The van der Waals surface area contributed by atoms with Gasteiger partial charge < -0.3 is 0 Å². The summed E-state index contributed by atoms with van der Waals surface area (Å²) in [5, 5.41) is 20.8. The maximum absolute atomic E-state index is 5.06. The summed E-state index contributed by atoms with van der Waals surface area (Å²) in [5.41, 5.74) is 2.54. The topological polar surface area (TPSA) is 108 Å². The Bertz CT molecular complexity index is 1460. The molecule has 11 nitrogen and oxygen atoms in total. The van der Waals surface area contributed by atoms with Gasteiger partial charge in [-0.1, -0.05) is 6.92 Å². The molecule has 0 spiro atoms. The maximum atomic E-state index is 5.06. The van der Waals surface area contributed by atoms with Crippen molar-refractivity contribution in [2.24, 2.45) is 14.1 Å². The zero-order chi connectivity index (χ0) is 22.7. The summed E-state index contributed by atoms with van der Waals surface area (Å²) in [5.74, 6) is 3.79. The van der Waals surface area contributed by atoms with Crippen LogP contribution in [0.25, 0.3) is 27.8 Å². The van der Waals surface area contributed by atoms with Gasteiger partial charge >= 0.3 is 0 Å². The van der Waals surface area contributed by atoms with Crippen LogP contribution in [0.3, 0.4) is 0 Å². The molecular weight excluding hydrogens is 438 g/mol. The molecule has 12 heteroatoms. The molecule has 1 aliphatic rings. The van der Waals surface area contributed by atoms with E-state index in [0.29, 0.717) is 5.82 Å². The number of hydrogen-bond donors (Lipinski definition) is 0. The maximum Gasteiger partial charge on any atom is 0.165 e. The van der Waals surface area contributed by atoms with E-state index >= 15 is 0 Å². The molecular formula is C21H21N11S. The summed E-state index contributed by atoms with van der Waals surface area (Å²) in [4.78, 5) is 16.4. The highest BCUT2D eigenvalue weighted by molar-refractivity contribution is 7.13. The number of fused-ring (bicyclic) bond motifs is 3. The summed E-state index contributed by atoms with van der Waals surface area (Å²) < 4.78 is 5.64. The van der Waals surface area contributed by atoms with Gasteiger partial charge in [0.25, 0.3) is 0 Å². The molecule has 0 aromatic carbocycles. The fourth-order valence-electron chi connectivity index (χ4n) is 4.35. The summed E-state index contributed by atoms with van der Waals surface area (Å²) in [7, 11) is 3.81. The molecule has 0 N–H and O–H groups in total. The molecule has 6 rings (SSSR count). The average molecular weight is 460 g/mol. The van der Waals surface area contributed by atoms with Crippen molar-refractivity contribution < 1.29 is 0 Å². The van der Waals surface area contributed by atoms with E-state index in [1.807, 2.05) is 54.1 Å². The number of aryl methyl sites for hydroxylation is 3. The molecule has 5 aromatic heterocycles. The second kappa shape index (κ2) is 7.30. The molecule has 0 radical (unpaired) electrons. The molecule has 6 heterocycles. The minimum Gasteiger partial charge on any atom is -0.297 e. The van der Waals surface area contributed by atoms with Crippen molar-refractivity contribution in [2.75, 3.05) is 4.90 Å². The third-order valence-corrected chi connectivity index (χ3v) is 6.61. The molecule has 166 valence electrons. The smallest absolute Gasteiger partial charge is 0.165 e. The molecule has 0 aliphatic carbocycles. The monoisotopic (exact) mass is 459 g/mol. The first kappa shape index (κ1) is 19.7. The SMILES string of the molecule is CCC1c2nnc(C)n2-c2cnc(-c3cnn(C)c3-c3nccs3)nc2N1c1ccn(C)n1. The van der Waals surface area contributed by atoms with Crippen molar-refractivity contribution in [3.8, 4) is 27.8 Å². The molecule has 0 saturated carbocycles. The third-order valence-electron chi connectivity index (χ3n) is 5.83. The lowest BCUT2D eigenvalue weighted by Gasteiger charge is -2.35. The first-order chi connectivity index (χ1) is 16.1. The minimum atomic E-state index is -0.0660. The predicted molar refractivity (Wildman–Crippen MR) is 123 cm³/mol. The highest BCUT2D eigenvalue weighted by Crippen LogP contribution is 2.43. The Balaban J connectivity index is 1.59. The zero-order valence-electron chi connectivity index (χ0n) is 18.6. The van der Waals surface area contributed by atoms with E-state index in [-0.39, 0.29) is 6.04 Å². The van der Waals surface area contributed by atoms with Gasteiger partial charge in [0.2, 0.25) is 0 Å².